The molecule has 5 nitrogen and oxygen atoms in total. The van der Waals surface area contributed by atoms with Gasteiger partial charge in [0.05, 0.1) is 23.5 Å². The number of benzene rings is 1. The Bertz CT molecular complexity index is 643. The number of amides is 1. The lowest BCUT2D eigenvalue weighted by Crippen LogP contribution is -2.12. The van der Waals surface area contributed by atoms with Gasteiger partial charge in [-0.25, -0.2) is 0 Å². The molecule has 0 atom stereocenters. The zero-order valence-corrected chi connectivity index (χ0v) is 11.0. The molecule has 1 heterocycles. The molecule has 0 radical (unpaired) electrons. The molecule has 1 amide bonds. The Labute approximate surface area is 112 Å². The van der Waals surface area contributed by atoms with E-state index in [2.05, 4.69) is 26.4 Å². The lowest BCUT2D eigenvalue weighted by Gasteiger charge is -2.06. The van der Waals surface area contributed by atoms with Crippen molar-refractivity contribution in [2.75, 3.05) is 5.32 Å². The van der Waals surface area contributed by atoms with Crippen LogP contribution in [-0.2, 0) is 0 Å². The Morgan fingerprint density at radius 1 is 1.56 bits per heavy atom. The van der Waals surface area contributed by atoms with Crippen LogP contribution < -0.4 is 5.32 Å². The SMILES string of the molecule is Cc1oncc1C(=O)Nc1ccc(C#N)cc1Br. The van der Waals surface area contributed by atoms with E-state index in [1.807, 2.05) is 6.07 Å². The van der Waals surface area contributed by atoms with E-state index in [1.165, 1.54) is 6.20 Å². The zero-order chi connectivity index (χ0) is 13.1. The van der Waals surface area contributed by atoms with Crippen molar-refractivity contribution in [2.24, 2.45) is 0 Å². The highest BCUT2D eigenvalue weighted by molar-refractivity contribution is 9.10. The van der Waals surface area contributed by atoms with Crippen LogP contribution in [0.15, 0.2) is 33.4 Å². The summed E-state index contributed by atoms with van der Waals surface area (Å²) in [6, 6.07) is 6.93. The number of aryl methyl sites for hydroxylation is 1. The highest BCUT2D eigenvalue weighted by atomic mass is 79.9. The number of nitriles is 1. The number of anilines is 1. The van der Waals surface area contributed by atoms with Gasteiger partial charge in [0.1, 0.15) is 11.3 Å². The van der Waals surface area contributed by atoms with Crippen molar-refractivity contribution in [3.05, 3.63) is 45.8 Å². The first-order valence-electron chi connectivity index (χ1n) is 5.04. The molecule has 0 aliphatic rings. The topological polar surface area (TPSA) is 78.9 Å². The molecule has 0 saturated carbocycles. The van der Waals surface area contributed by atoms with E-state index in [0.29, 0.717) is 27.0 Å². The van der Waals surface area contributed by atoms with Gasteiger partial charge in [-0.2, -0.15) is 5.26 Å². The van der Waals surface area contributed by atoms with E-state index in [0.717, 1.165) is 0 Å². The zero-order valence-electron chi connectivity index (χ0n) is 9.40. The maximum Gasteiger partial charge on any atom is 0.260 e. The second-order valence-electron chi connectivity index (χ2n) is 3.56. The van der Waals surface area contributed by atoms with Gasteiger partial charge in [0.2, 0.25) is 0 Å². The minimum absolute atomic E-state index is 0.306. The van der Waals surface area contributed by atoms with Crippen molar-refractivity contribution in [1.82, 2.24) is 5.16 Å². The lowest BCUT2D eigenvalue weighted by atomic mass is 10.2. The van der Waals surface area contributed by atoms with Gasteiger partial charge in [-0.1, -0.05) is 5.16 Å². The van der Waals surface area contributed by atoms with Crippen molar-refractivity contribution in [1.29, 1.82) is 5.26 Å². The van der Waals surface area contributed by atoms with Gasteiger partial charge < -0.3 is 9.84 Å². The summed E-state index contributed by atoms with van der Waals surface area (Å²) in [5, 5.41) is 15.0. The fourth-order valence-corrected chi connectivity index (χ4v) is 1.87. The molecule has 0 aliphatic carbocycles. The van der Waals surface area contributed by atoms with Gasteiger partial charge in [-0.15, -0.1) is 0 Å². The normalized spacial score (nSPS) is 9.83. The first-order valence-corrected chi connectivity index (χ1v) is 5.83. The molecule has 90 valence electrons. The highest BCUT2D eigenvalue weighted by Crippen LogP contribution is 2.24. The molecule has 1 aromatic carbocycles. The second-order valence-corrected chi connectivity index (χ2v) is 4.41. The summed E-state index contributed by atoms with van der Waals surface area (Å²) in [5.74, 6) is 0.149. The van der Waals surface area contributed by atoms with Gasteiger partial charge in [0, 0.05) is 4.47 Å². The number of carbonyl (C=O) groups is 1. The minimum atomic E-state index is -0.306. The summed E-state index contributed by atoms with van der Waals surface area (Å²) in [4.78, 5) is 11.9. The van der Waals surface area contributed by atoms with E-state index in [-0.39, 0.29) is 5.91 Å². The Kier molecular flexibility index (Phi) is 3.44. The van der Waals surface area contributed by atoms with Crippen LogP contribution in [0.4, 0.5) is 5.69 Å². The largest absolute Gasteiger partial charge is 0.361 e. The molecule has 0 unspecified atom stereocenters. The van der Waals surface area contributed by atoms with Crippen LogP contribution in [0.3, 0.4) is 0 Å². The van der Waals surface area contributed by atoms with Gasteiger partial charge in [-0.3, -0.25) is 4.79 Å². The summed E-state index contributed by atoms with van der Waals surface area (Å²) >= 11 is 3.29. The molecule has 2 rings (SSSR count). The van der Waals surface area contributed by atoms with Crippen molar-refractivity contribution in [2.45, 2.75) is 6.92 Å². The summed E-state index contributed by atoms with van der Waals surface area (Å²) in [7, 11) is 0. The maximum absolute atomic E-state index is 11.9. The second kappa shape index (κ2) is 5.02. The molecule has 0 saturated heterocycles. The third-order valence-corrected chi connectivity index (χ3v) is 3.00. The van der Waals surface area contributed by atoms with E-state index in [9.17, 15) is 4.79 Å². The summed E-state index contributed by atoms with van der Waals surface area (Å²) < 4.78 is 5.47. The molecule has 6 heteroatoms. The van der Waals surface area contributed by atoms with E-state index >= 15 is 0 Å². The number of nitrogens with one attached hydrogen (secondary N) is 1. The number of hydrogen-bond acceptors (Lipinski definition) is 4. The fourth-order valence-electron chi connectivity index (χ4n) is 1.39. The number of aromatic nitrogens is 1. The number of halogens is 1. The van der Waals surface area contributed by atoms with E-state index in [4.69, 9.17) is 9.78 Å². The van der Waals surface area contributed by atoms with E-state index in [1.54, 1.807) is 25.1 Å². The van der Waals surface area contributed by atoms with Gasteiger partial charge in [0.25, 0.3) is 5.91 Å². The summed E-state index contributed by atoms with van der Waals surface area (Å²) in [5.41, 5.74) is 1.48. The molecule has 0 fully saturated rings. The maximum atomic E-state index is 11.9. The van der Waals surface area contributed by atoms with Gasteiger partial charge >= 0.3 is 0 Å². The first-order chi connectivity index (χ1) is 8.61. The van der Waals surface area contributed by atoms with Crippen molar-refractivity contribution < 1.29 is 9.32 Å². The average molecular weight is 306 g/mol. The molecular weight excluding hydrogens is 298 g/mol. The summed E-state index contributed by atoms with van der Waals surface area (Å²) in [6.45, 7) is 1.66. The predicted molar refractivity (Wildman–Crippen MR) is 68.1 cm³/mol. The Hall–Kier alpha value is -2.13. The Morgan fingerprint density at radius 3 is 2.89 bits per heavy atom. The number of hydrogen-bond donors (Lipinski definition) is 1. The van der Waals surface area contributed by atoms with Crippen LogP contribution >= 0.6 is 15.9 Å². The molecule has 18 heavy (non-hydrogen) atoms. The van der Waals surface area contributed by atoms with Crippen LogP contribution in [0, 0.1) is 18.3 Å². The smallest absolute Gasteiger partial charge is 0.260 e. The van der Waals surface area contributed by atoms with E-state index < -0.39 is 0 Å². The molecule has 0 spiro atoms. The predicted octanol–water partition coefficient (Wildman–Crippen LogP) is 2.87. The van der Waals surface area contributed by atoms with Crippen molar-refractivity contribution in [3.63, 3.8) is 0 Å². The van der Waals surface area contributed by atoms with Crippen LogP contribution in [0.2, 0.25) is 0 Å². The highest BCUT2D eigenvalue weighted by Gasteiger charge is 2.14. The lowest BCUT2D eigenvalue weighted by molar-refractivity contribution is 0.102. The van der Waals surface area contributed by atoms with Crippen LogP contribution in [-0.4, -0.2) is 11.1 Å². The van der Waals surface area contributed by atoms with Crippen LogP contribution in [0.5, 0.6) is 0 Å². The molecule has 0 aliphatic heterocycles. The molecule has 1 aromatic heterocycles. The van der Waals surface area contributed by atoms with Crippen LogP contribution in [0.25, 0.3) is 0 Å². The average Bonchev–Trinajstić information content (AvgIpc) is 2.78. The quantitative estimate of drug-likeness (QED) is 0.925. The number of rotatable bonds is 2. The van der Waals surface area contributed by atoms with Gasteiger partial charge in [-0.05, 0) is 41.1 Å². The Morgan fingerprint density at radius 2 is 2.33 bits per heavy atom. The Balaban J connectivity index is 2.23. The van der Waals surface area contributed by atoms with Gasteiger partial charge in [0.15, 0.2) is 0 Å². The third kappa shape index (κ3) is 2.41. The minimum Gasteiger partial charge on any atom is -0.361 e. The fraction of sp³-hybridized carbons (Fsp3) is 0.0833. The summed E-state index contributed by atoms with van der Waals surface area (Å²) in [6.07, 6.45) is 1.36. The monoisotopic (exact) mass is 305 g/mol. The molecule has 1 N–H and O–H groups in total. The number of nitrogens with zero attached hydrogens (tertiary/aromatic N) is 2. The van der Waals surface area contributed by atoms with Crippen LogP contribution in [0.1, 0.15) is 21.7 Å². The number of carbonyl (C=O) groups excluding carboxylic acids is 1. The third-order valence-electron chi connectivity index (χ3n) is 2.34. The first kappa shape index (κ1) is 12.3. The standard InChI is InChI=1S/C12H8BrN3O2/c1-7-9(6-15-18-7)12(17)16-11-3-2-8(5-14)4-10(11)13/h2-4,6H,1H3,(H,16,17). The van der Waals surface area contributed by atoms with Crippen molar-refractivity contribution >= 4 is 27.5 Å². The molecule has 0 bridgehead atoms. The van der Waals surface area contributed by atoms with Crippen molar-refractivity contribution in [3.8, 4) is 6.07 Å². The molecule has 2 aromatic rings. The molecular formula is C12H8BrN3O2.